The molecule has 0 unspecified atom stereocenters. The summed E-state index contributed by atoms with van der Waals surface area (Å²) in [4.78, 5) is 0. The standard InChI is InChI=1S/C30H31F3O3/c1-3-5-6-16-34-27-15-14-25(29(32)30(27)33)21-10-8-20(9-11-21)24-13-12-22(17-26(24)31)23-18-35-28(7-4-2)36-19-23/h4,7-15,17,23,28H,3,5-6,16,18-19H2,1-2H3. The molecule has 0 saturated carbocycles. The van der Waals surface area contributed by atoms with Gasteiger partial charge in [-0.15, -0.1) is 0 Å². The summed E-state index contributed by atoms with van der Waals surface area (Å²) < 4.78 is 61.0. The summed E-state index contributed by atoms with van der Waals surface area (Å²) in [6, 6.07) is 14.8. The van der Waals surface area contributed by atoms with E-state index in [1.54, 1.807) is 30.3 Å². The fourth-order valence-corrected chi connectivity index (χ4v) is 4.23. The molecule has 0 atom stereocenters. The van der Waals surface area contributed by atoms with Crippen LogP contribution in [0.25, 0.3) is 22.3 Å². The molecule has 1 aliphatic rings. The third kappa shape index (κ3) is 6.00. The van der Waals surface area contributed by atoms with Crippen LogP contribution in [0.1, 0.15) is 44.6 Å². The fourth-order valence-electron chi connectivity index (χ4n) is 4.23. The van der Waals surface area contributed by atoms with Gasteiger partial charge in [-0.2, -0.15) is 4.39 Å². The molecule has 1 aliphatic heterocycles. The van der Waals surface area contributed by atoms with E-state index < -0.39 is 11.6 Å². The van der Waals surface area contributed by atoms with Crippen molar-refractivity contribution in [3.8, 4) is 28.0 Å². The van der Waals surface area contributed by atoms with Gasteiger partial charge in [-0.3, -0.25) is 0 Å². The molecule has 4 rings (SSSR count). The summed E-state index contributed by atoms with van der Waals surface area (Å²) in [6.07, 6.45) is 6.12. The highest BCUT2D eigenvalue weighted by Crippen LogP contribution is 2.33. The Balaban J connectivity index is 1.46. The van der Waals surface area contributed by atoms with E-state index in [1.807, 2.05) is 25.1 Å². The Morgan fingerprint density at radius 2 is 1.53 bits per heavy atom. The lowest BCUT2D eigenvalue weighted by Gasteiger charge is -2.28. The van der Waals surface area contributed by atoms with Gasteiger partial charge in [-0.25, -0.2) is 8.78 Å². The zero-order chi connectivity index (χ0) is 25.5. The van der Waals surface area contributed by atoms with Gasteiger partial charge in [0.15, 0.2) is 17.9 Å². The number of allylic oxidation sites excluding steroid dienone is 1. The number of hydrogen-bond donors (Lipinski definition) is 0. The maximum absolute atomic E-state index is 15.0. The molecule has 0 radical (unpaired) electrons. The van der Waals surface area contributed by atoms with Crippen molar-refractivity contribution in [1.29, 1.82) is 0 Å². The summed E-state index contributed by atoms with van der Waals surface area (Å²) in [6.45, 7) is 5.21. The minimum atomic E-state index is -0.998. The summed E-state index contributed by atoms with van der Waals surface area (Å²) in [5.74, 6) is -2.45. The van der Waals surface area contributed by atoms with Crippen LogP contribution in [-0.4, -0.2) is 26.1 Å². The van der Waals surface area contributed by atoms with E-state index in [4.69, 9.17) is 14.2 Å². The molecule has 190 valence electrons. The Morgan fingerprint density at radius 1 is 0.861 bits per heavy atom. The molecule has 3 aromatic carbocycles. The highest BCUT2D eigenvalue weighted by Gasteiger charge is 2.23. The average Bonchev–Trinajstić information content (AvgIpc) is 2.90. The third-order valence-electron chi connectivity index (χ3n) is 6.30. The second-order valence-corrected chi connectivity index (χ2v) is 8.87. The molecule has 1 heterocycles. The normalized spacial score (nSPS) is 18.0. The SMILES string of the molecule is CC=CC1OCC(c2ccc(-c3ccc(-c4ccc(OCCCCC)c(F)c4F)cc3)c(F)c2)CO1. The molecule has 1 fully saturated rings. The van der Waals surface area contributed by atoms with Crippen molar-refractivity contribution in [2.45, 2.75) is 45.3 Å². The van der Waals surface area contributed by atoms with Crippen LogP contribution in [0.15, 0.2) is 66.7 Å². The number of rotatable bonds is 9. The predicted octanol–water partition coefficient (Wildman–Crippen LogP) is 8.04. The summed E-state index contributed by atoms with van der Waals surface area (Å²) in [5, 5.41) is 0. The number of halogens is 3. The highest BCUT2D eigenvalue weighted by atomic mass is 19.2. The number of unbranched alkanes of at least 4 members (excludes halogenated alkanes) is 2. The Morgan fingerprint density at radius 3 is 2.17 bits per heavy atom. The van der Waals surface area contributed by atoms with Crippen LogP contribution in [0.2, 0.25) is 0 Å². The van der Waals surface area contributed by atoms with E-state index in [2.05, 4.69) is 6.92 Å². The van der Waals surface area contributed by atoms with Crippen molar-refractivity contribution in [2.24, 2.45) is 0 Å². The molecule has 3 aromatic rings. The first-order valence-electron chi connectivity index (χ1n) is 12.4. The van der Waals surface area contributed by atoms with E-state index in [1.165, 1.54) is 18.2 Å². The highest BCUT2D eigenvalue weighted by molar-refractivity contribution is 5.71. The van der Waals surface area contributed by atoms with Gasteiger partial charge in [0.2, 0.25) is 5.82 Å². The van der Waals surface area contributed by atoms with Crippen LogP contribution in [-0.2, 0) is 9.47 Å². The van der Waals surface area contributed by atoms with E-state index >= 15 is 4.39 Å². The minimum Gasteiger partial charge on any atom is -0.490 e. The van der Waals surface area contributed by atoms with Crippen LogP contribution in [0.3, 0.4) is 0 Å². The summed E-state index contributed by atoms with van der Waals surface area (Å²) in [7, 11) is 0. The molecule has 1 saturated heterocycles. The molecule has 0 N–H and O–H groups in total. The second kappa shape index (κ2) is 12.2. The molecular formula is C30H31F3O3. The van der Waals surface area contributed by atoms with Gasteiger partial charge in [0.05, 0.1) is 19.8 Å². The number of hydrogen-bond acceptors (Lipinski definition) is 3. The van der Waals surface area contributed by atoms with E-state index in [9.17, 15) is 8.78 Å². The smallest absolute Gasteiger partial charge is 0.201 e. The fraction of sp³-hybridized carbons (Fsp3) is 0.333. The maximum atomic E-state index is 15.0. The molecule has 0 bridgehead atoms. The van der Waals surface area contributed by atoms with Gasteiger partial charge in [0.1, 0.15) is 5.82 Å². The quantitative estimate of drug-likeness (QED) is 0.222. The molecule has 6 heteroatoms. The van der Waals surface area contributed by atoms with Crippen LogP contribution in [0, 0.1) is 17.5 Å². The Bertz CT molecular complexity index is 1180. The van der Waals surface area contributed by atoms with Crippen molar-refractivity contribution in [3.63, 3.8) is 0 Å². The molecule has 0 aromatic heterocycles. The summed E-state index contributed by atoms with van der Waals surface area (Å²) >= 11 is 0. The topological polar surface area (TPSA) is 27.7 Å². The first-order chi connectivity index (χ1) is 17.5. The van der Waals surface area contributed by atoms with Gasteiger partial charge in [0.25, 0.3) is 0 Å². The van der Waals surface area contributed by atoms with Crippen molar-refractivity contribution in [2.75, 3.05) is 19.8 Å². The van der Waals surface area contributed by atoms with Crippen molar-refractivity contribution in [1.82, 2.24) is 0 Å². The zero-order valence-electron chi connectivity index (χ0n) is 20.6. The van der Waals surface area contributed by atoms with Crippen LogP contribution < -0.4 is 4.74 Å². The molecule has 0 amide bonds. The van der Waals surface area contributed by atoms with Crippen molar-refractivity contribution in [3.05, 3.63) is 89.8 Å². The van der Waals surface area contributed by atoms with E-state index in [-0.39, 0.29) is 29.3 Å². The number of benzene rings is 3. The average molecular weight is 497 g/mol. The largest absolute Gasteiger partial charge is 0.490 e. The monoisotopic (exact) mass is 496 g/mol. The maximum Gasteiger partial charge on any atom is 0.201 e. The summed E-state index contributed by atoms with van der Waals surface area (Å²) in [5.41, 5.74) is 2.50. The van der Waals surface area contributed by atoms with Gasteiger partial charge >= 0.3 is 0 Å². The van der Waals surface area contributed by atoms with Gasteiger partial charge in [0, 0.05) is 17.0 Å². The number of ether oxygens (including phenoxy) is 3. The molecular weight excluding hydrogens is 465 g/mol. The Hall–Kier alpha value is -3.09. The van der Waals surface area contributed by atoms with Crippen molar-refractivity contribution >= 4 is 0 Å². The second-order valence-electron chi connectivity index (χ2n) is 8.87. The van der Waals surface area contributed by atoms with E-state index in [0.29, 0.717) is 36.5 Å². The van der Waals surface area contributed by atoms with Crippen LogP contribution in [0.5, 0.6) is 5.75 Å². The first-order valence-corrected chi connectivity index (χ1v) is 12.4. The zero-order valence-corrected chi connectivity index (χ0v) is 20.6. The van der Waals surface area contributed by atoms with Gasteiger partial charge < -0.3 is 14.2 Å². The Labute approximate surface area is 210 Å². The van der Waals surface area contributed by atoms with Crippen LogP contribution in [0.4, 0.5) is 13.2 Å². The lowest BCUT2D eigenvalue weighted by atomic mass is 9.95. The molecule has 3 nitrogen and oxygen atoms in total. The molecule has 0 spiro atoms. The Kier molecular flexibility index (Phi) is 8.83. The minimum absolute atomic E-state index is 0.0473. The lowest BCUT2D eigenvalue weighted by Crippen LogP contribution is -2.29. The van der Waals surface area contributed by atoms with Crippen LogP contribution >= 0.6 is 0 Å². The predicted molar refractivity (Wildman–Crippen MR) is 135 cm³/mol. The third-order valence-corrected chi connectivity index (χ3v) is 6.30. The van der Waals surface area contributed by atoms with Gasteiger partial charge in [-0.1, -0.05) is 62.2 Å². The van der Waals surface area contributed by atoms with E-state index in [0.717, 1.165) is 24.8 Å². The molecule has 36 heavy (non-hydrogen) atoms. The van der Waals surface area contributed by atoms with Gasteiger partial charge in [-0.05, 0) is 54.3 Å². The first kappa shape index (κ1) is 26.0. The molecule has 0 aliphatic carbocycles. The van der Waals surface area contributed by atoms with Crippen molar-refractivity contribution < 1.29 is 27.4 Å². The lowest BCUT2D eigenvalue weighted by molar-refractivity contribution is -0.159.